The number of amides is 2. The van der Waals surface area contributed by atoms with E-state index in [9.17, 15) is 104 Å². The molecule has 4 rings (SSSR count). The maximum Gasteiger partial charge on any atom is 0.458 e. The van der Waals surface area contributed by atoms with Crippen molar-refractivity contribution in [3.8, 4) is 11.5 Å². The largest absolute Gasteiger partial charge is 0.458 e. The number of nitrogens with one attached hydrogen (secondary N) is 2. The number of carbonyl (C=O) groups is 2. The molecule has 0 atom stereocenters. The van der Waals surface area contributed by atoms with E-state index in [1.54, 1.807) is 10.6 Å². The van der Waals surface area contributed by atoms with Crippen LogP contribution in [0.4, 0.5) is 97.4 Å². The van der Waals surface area contributed by atoms with Crippen LogP contribution in [0.3, 0.4) is 0 Å². The fourth-order valence-electron chi connectivity index (χ4n) is 4.91. The van der Waals surface area contributed by atoms with Crippen molar-refractivity contribution in [1.29, 1.82) is 0 Å². The molecule has 348 valence electrons. The summed E-state index contributed by atoms with van der Waals surface area (Å²) in [5, 5.41) is 25.1. The number of rotatable bonds is 12. The molecule has 0 aromatic heterocycles. The van der Waals surface area contributed by atoms with Crippen molar-refractivity contribution in [2.75, 3.05) is 10.6 Å². The second-order valence-corrected chi connectivity index (χ2v) is 13.5. The molecule has 31 heteroatoms. The number of nitro groups is 2. The van der Waals surface area contributed by atoms with Gasteiger partial charge in [-0.25, -0.2) is 0 Å². The normalized spacial score (nSPS) is 12.2. The summed E-state index contributed by atoms with van der Waals surface area (Å²) in [5.74, 6) is -18.3. The van der Waals surface area contributed by atoms with Gasteiger partial charge in [0.1, 0.15) is 0 Å². The summed E-state index contributed by atoms with van der Waals surface area (Å²) in [6.07, 6.45) is -17.8. The SMILES string of the molecule is O=C(Nc1c(Br)cc(C(C(F)(F)F)C(F)(F)F)cc1OC(F)F)c1cccc([N+](=O)[O-])c1F.O=C(Nc1c(Br)cc(C(F)(F)C(F)(F)F)cc1OC(F)F)c1cccc([N+](=O)[O-])c1F. The summed E-state index contributed by atoms with van der Waals surface area (Å²) in [5.41, 5.74) is -9.19. The fourth-order valence-corrected chi connectivity index (χ4v) is 6.01. The number of hydrogen-bond donors (Lipinski definition) is 2. The summed E-state index contributed by atoms with van der Waals surface area (Å²) < 4.78 is 229. The minimum atomic E-state index is -6.08. The van der Waals surface area contributed by atoms with Crippen molar-refractivity contribution < 1.29 is 104 Å². The fraction of sp³-hybridized carbons (Fsp3) is 0.212. The van der Waals surface area contributed by atoms with Gasteiger partial charge in [-0.3, -0.25) is 29.8 Å². The minimum absolute atomic E-state index is 0.0119. The van der Waals surface area contributed by atoms with E-state index in [2.05, 4.69) is 41.3 Å². The van der Waals surface area contributed by atoms with Crippen molar-refractivity contribution in [2.45, 2.75) is 43.6 Å². The lowest BCUT2D eigenvalue weighted by atomic mass is 9.97. The van der Waals surface area contributed by atoms with Gasteiger partial charge in [0.05, 0.1) is 32.3 Å². The van der Waals surface area contributed by atoms with Crippen molar-refractivity contribution in [2.24, 2.45) is 0 Å². The maximum atomic E-state index is 14.2. The summed E-state index contributed by atoms with van der Waals surface area (Å²) >= 11 is 5.13. The number of nitro benzene ring substituents is 2. The van der Waals surface area contributed by atoms with Crippen LogP contribution in [0, 0.1) is 31.9 Å². The van der Waals surface area contributed by atoms with E-state index < -0.39 is 142 Å². The third-order valence-corrected chi connectivity index (χ3v) is 8.84. The molecule has 0 saturated heterocycles. The molecule has 0 spiro atoms. The molecule has 4 aromatic carbocycles. The van der Waals surface area contributed by atoms with E-state index in [1.807, 2.05) is 0 Å². The van der Waals surface area contributed by atoms with E-state index >= 15 is 0 Å². The molecule has 0 aliphatic heterocycles. The first-order valence-corrected chi connectivity index (χ1v) is 17.4. The van der Waals surface area contributed by atoms with Crippen LogP contribution in [-0.2, 0) is 5.92 Å². The lowest BCUT2D eigenvalue weighted by molar-refractivity contribution is -0.387. The smallest absolute Gasteiger partial charge is 0.433 e. The Balaban J connectivity index is 0.000000341. The van der Waals surface area contributed by atoms with E-state index in [0.29, 0.717) is 6.07 Å². The van der Waals surface area contributed by atoms with Crippen LogP contribution in [0.2, 0.25) is 0 Å². The molecule has 0 radical (unpaired) electrons. The topological polar surface area (TPSA) is 163 Å². The van der Waals surface area contributed by atoms with Crippen LogP contribution in [0.5, 0.6) is 11.5 Å². The molecule has 0 bridgehead atoms. The zero-order valence-corrected chi connectivity index (χ0v) is 33.0. The number of nitrogens with zero attached hydrogens (tertiary/aromatic N) is 2. The van der Waals surface area contributed by atoms with Gasteiger partial charge in [0.15, 0.2) is 17.4 Å². The highest BCUT2D eigenvalue weighted by molar-refractivity contribution is 9.11. The second-order valence-electron chi connectivity index (χ2n) is 11.8. The number of alkyl halides is 15. The molecular formula is C33H15Br2F17N4O8. The monoisotopic (exact) mass is 1080 g/mol. The van der Waals surface area contributed by atoms with Crippen LogP contribution < -0.4 is 20.1 Å². The second kappa shape index (κ2) is 19.8. The number of carbonyl (C=O) groups excluding carboxylic acids is 2. The quantitative estimate of drug-likeness (QED) is 0.0804. The zero-order valence-electron chi connectivity index (χ0n) is 29.8. The van der Waals surface area contributed by atoms with Crippen LogP contribution in [0.15, 0.2) is 69.6 Å². The number of ether oxygens (including phenoxy) is 2. The van der Waals surface area contributed by atoms with E-state index in [1.165, 1.54) is 0 Å². The predicted octanol–water partition coefficient (Wildman–Crippen LogP) is 12.6. The molecule has 64 heavy (non-hydrogen) atoms. The lowest BCUT2D eigenvalue weighted by Crippen LogP contribution is -2.34. The van der Waals surface area contributed by atoms with Crippen LogP contribution >= 0.6 is 31.9 Å². The maximum absolute atomic E-state index is 14.2. The third-order valence-electron chi connectivity index (χ3n) is 7.59. The van der Waals surface area contributed by atoms with Gasteiger partial charge in [0.25, 0.3) is 11.8 Å². The highest BCUT2D eigenvalue weighted by Crippen LogP contribution is 2.50. The first kappa shape index (κ1) is 52.3. The van der Waals surface area contributed by atoms with Crippen LogP contribution in [0.1, 0.15) is 37.8 Å². The van der Waals surface area contributed by atoms with Gasteiger partial charge in [-0.15, -0.1) is 0 Å². The summed E-state index contributed by atoms with van der Waals surface area (Å²) in [4.78, 5) is 43.8. The van der Waals surface area contributed by atoms with Crippen molar-refractivity contribution >= 4 is 66.4 Å². The van der Waals surface area contributed by atoms with Crippen molar-refractivity contribution in [3.05, 3.63) is 124 Å². The van der Waals surface area contributed by atoms with Gasteiger partial charge in [0, 0.05) is 26.6 Å². The third kappa shape index (κ3) is 12.4. The molecule has 0 aliphatic rings. The van der Waals surface area contributed by atoms with E-state index in [0.717, 1.165) is 30.3 Å². The average molecular weight is 1080 g/mol. The molecule has 2 N–H and O–H groups in total. The van der Waals surface area contributed by atoms with Gasteiger partial charge in [-0.05, 0) is 73.8 Å². The Kier molecular flexibility index (Phi) is 16.2. The highest BCUT2D eigenvalue weighted by atomic mass is 79.9. The number of halogens is 19. The molecule has 0 saturated carbocycles. The average Bonchev–Trinajstić information content (AvgIpc) is 3.12. The zero-order chi connectivity index (χ0) is 49.0. The van der Waals surface area contributed by atoms with Gasteiger partial charge in [0.2, 0.25) is 11.6 Å². The molecule has 0 heterocycles. The van der Waals surface area contributed by atoms with Crippen molar-refractivity contribution in [3.63, 3.8) is 0 Å². The van der Waals surface area contributed by atoms with Gasteiger partial charge >= 0.3 is 49.0 Å². The number of anilines is 2. The van der Waals surface area contributed by atoms with Crippen molar-refractivity contribution in [1.82, 2.24) is 0 Å². The van der Waals surface area contributed by atoms with Gasteiger partial charge in [-0.2, -0.15) is 74.6 Å². The number of hydrogen-bond acceptors (Lipinski definition) is 8. The minimum Gasteiger partial charge on any atom is -0.433 e. The molecule has 2 amide bonds. The standard InChI is InChI=1S/C17H8BrF9N2O4.C16H7BrF8N2O4/c18-8-4-6(13(16(22,23)24)17(25,26)27)5-10(33-15(20)21)12(8)28-14(30)7-2-1-3-9(11(7)19)29(31)32;17-8-4-6(15(21,22)16(23,24)25)5-10(31-14(19)20)12(8)26-13(28)7-2-1-3-9(11(7)18)27(29)30/h1-5,13,15H,(H,28,30);1-5,14H,(H,26,28). The molecule has 4 aromatic rings. The Bertz CT molecular complexity index is 2420. The first-order chi connectivity index (χ1) is 29.2. The summed E-state index contributed by atoms with van der Waals surface area (Å²) in [6, 6.07) is 5.15. The van der Waals surface area contributed by atoms with E-state index in [-0.39, 0.29) is 24.3 Å². The lowest BCUT2D eigenvalue weighted by Gasteiger charge is -2.25. The Hall–Kier alpha value is -6.01. The highest BCUT2D eigenvalue weighted by Gasteiger charge is 2.59. The van der Waals surface area contributed by atoms with Gasteiger partial charge in [-0.1, -0.05) is 12.1 Å². The van der Waals surface area contributed by atoms with Crippen LogP contribution in [-0.4, -0.2) is 53.4 Å². The Morgan fingerprint density at radius 1 is 0.609 bits per heavy atom. The summed E-state index contributed by atoms with van der Waals surface area (Å²) in [7, 11) is 0. The first-order valence-electron chi connectivity index (χ1n) is 15.8. The summed E-state index contributed by atoms with van der Waals surface area (Å²) in [6.45, 7) is -7.44. The molecule has 12 nitrogen and oxygen atoms in total. The van der Waals surface area contributed by atoms with E-state index in [4.69, 9.17) is 0 Å². The molecule has 0 fully saturated rings. The molecule has 0 unspecified atom stereocenters. The number of benzene rings is 4. The Labute approximate surface area is 358 Å². The van der Waals surface area contributed by atoms with Crippen LogP contribution in [0.25, 0.3) is 0 Å². The molecule has 0 aliphatic carbocycles. The predicted molar refractivity (Wildman–Crippen MR) is 188 cm³/mol. The van der Waals surface area contributed by atoms with Gasteiger partial charge < -0.3 is 20.1 Å². The Morgan fingerprint density at radius 2 is 0.984 bits per heavy atom. The molecular weight excluding hydrogens is 1060 g/mol. The Morgan fingerprint density at radius 3 is 1.33 bits per heavy atom.